The first kappa shape index (κ1) is 15.3. The van der Waals surface area contributed by atoms with Gasteiger partial charge in [-0.1, -0.05) is 42.5 Å². The summed E-state index contributed by atoms with van der Waals surface area (Å²) in [4.78, 5) is 2.17. The number of hydrogen-bond donors (Lipinski definition) is 3. The third-order valence-electron chi connectivity index (χ3n) is 4.74. The topological polar surface area (TPSA) is 72.4 Å². The van der Waals surface area contributed by atoms with Gasteiger partial charge in [-0.3, -0.25) is 10.00 Å². The van der Waals surface area contributed by atoms with Crippen molar-refractivity contribution in [3.8, 4) is 11.3 Å². The summed E-state index contributed by atoms with van der Waals surface area (Å²) in [5.74, 6) is 0. The third kappa shape index (κ3) is 2.71. The molecular formula is C19H21N3O2. The van der Waals surface area contributed by atoms with Crippen molar-refractivity contribution >= 4 is 10.8 Å². The summed E-state index contributed by atoms with van der Waals surface area (Å²) in [5, 5.41) is 29.0. The number of benzene rings is 2. The largest absolute Gasteiger partial charge is 0.394 e. The first-order valence-corrected chi connectivity index (χ1v) is 8.32. The van der Waals surface area contributed by atoms with Crippen LogP contribution >= 0.6 is 0 Å². The van der Waals surface area contributed by atoms with Crippen LogP contribution in [0.15, 0.2) is 42.5 Å². The van der Waals surface area contributed by atoms with Gasteiger partial charge >= 0.3 is 0 Å². The summed E-state index contributed by atoms with van der Waals surface area (Å²) < 4.78 is 0. The van der Waals surface area contributed by atoms with Gasteiger partial charge in [0, 0.05) is 42.9 Å². The fraction of sp³-hybridized carbons (Fsp3) is 0.316. The highest BCUT2D eigenvalue weighted by Gasteiger charge is 2.24. The van der Waals surface area contributed by atoms with Crippen LogP contribution in [0.3, 0.4) is 0 Å². The molecule has 5 nitrogen and oxygen atoms in total. The van der Waals surface area contributed by atoms with E-state index in [1.807, 2.05) is 6.07 Å². The Bertz CT molecular complexity index is 853. The van der Waals surface area contributed by atoms with Crippen molar-refractivity contribution in [2.45, 2.75) is 19.1 Å². The third-order valence-corrected chi connectivity index (χ3v) is 4.74. The van der Waals surface area contributed by atoms with Crippen molar-refractivity contribution in [2.24, 2.45) is 0 Å². The number of aromatic nitrogens is 2. The molecule has 5 heteroatoms. The van der Waals surface area contributed by atoms with Gasteiger partial charge in [-0.15, -0.1) is 0 Å². The standard InChI is InChI=1S/C19H21N3O2/c23-12-14(24)10-22-9-8-18-17(11-22)19(21-20-18)16-7-3-5-13-4-1-2-6-15(13)16/h1-7,14,23-24H,8-12H2,(H,20,21). The van der Waals surface area contributed by atoms with E-state index in [4.69, 9.17) is 5.11 Å². The van der Waals surface area contributed by atoms with Crippen molar-refractivity contribution in [2.75, 3.05) is 19.7 Å². The second-order valence-corrected chi connectivity index (χ2v) is 6.38. The average Bonchev–Trinajstić information content (AvgIpc) is 3.04. The van der Waals surface area contributed by atoms with Gasteiger partial charge in [0.15, 0.2) is 0 Å². The zero-order valence-electron chi connectivity index (χ0n) is 13.4. The molecule has 1 aliphatic heterocycles. The Labute approximate surface area is 140 Å². The summed E-state index contributed by atoms with van der Waals surface area (Å²) >= 11 is 0. The van der Waals surface area contributed by atoms with Crippen LogP contribution in [0, 0.1) is 0 Å². The van der Waals surface area contributed by atoms with Crippen LogP contribution in [0.4, 0.5) is 0 Å². The number of hydrogen-bond acceptors (Lipinski definition) is 4. The van der Waals surface area contributed by atoms with Gasteiger partial charge in [0.2, 0.25) is 0 Å². The van der Waals surface area contributed by atoms with Gasteiger partial charge in [-0.25, -0.2) is 0 Å². The van der Waals surface area contributed by atoms with Crippen molar-refractivity contribution in [3.63, 3.8) is 0 Å². The van der Waals surface area contributed by atoms with E-state index in [1.54, 1.807) is 0 Å². The van der Waals surface area contributed by atoms with E-state index in [2.05, 4.69) is 51.5 Å². The monoisotopic (exact) mass is 323 g/mol. The van der Waals surface area contributed by atoms with Crippen molar-refractivity contribution in [1.82, 2.24) is 15.1 Å². The van der Waals surface area contributed by atoms with Crippen molar-refractivity contribution in [3.05, 3.63) is 53.7 Å². The Balaban J connectivity index is 1.72. The quantitative estimate of drug-likeness (QED) is 0.686. The molecule has 2 heterocycles. The minimum atomic E-state index is -0.695. The predicted molar refractivity (Wildman–Crippen MR) is 93.6 cm³/mol. The number of aromatic amines is 1. The Morgan fingerprint density at radius 2 is 2.00 bits per heavy atom. The van der Waals surface area contributed by atoms with Crippen LogP contribution in [0.25, 0.3) is 22.0 Å². The summed E-state index contributed by atoms with van der Waals surface area (Å²) in [6.07, 6.45) is 0.185. The zero-order chi connectivity index (χ0) is 16.5. The van der Waals surface area contributed by atoms with Gasteiger partial charge < -0.3 is 10.2 Å². The van der Waals surface area contributed by atoms with E-state index in [1.165, 1.54) is 22.0 Å². The molecule has 1 unspecified atom stereocenters. The van der Waals surface area contributed by atoms with Crippen LogP contribution < -0.4 is 0 Å². The Morgan fingerprint density at radius 3 is 2.88 bits per heavy atom. The van der Waals surface area contributed by atoms with Gasteiger partial charge in [-0.05, 0) is 10.8 Å². The fourth-order valence-corrected chi connectivity index (χ4v) is 3.52. The SMILES string of the molecule is OCC(O)CN1CCc2[nH]nc(-c3cccc4ccccc34)c2C1. The van der Waals surface area contributed by atoms with E-state index in [9.17, 15) is 5.11 Å². The fourth-order valence-electron chi connectivity index (χ4n) is 3.52. The molecule has 0 bridgehead atoms. The number of rotatable bonds is 4. The van der Waals surface area contributed by atoms with Crippen molar-refractivity contribution < 1.29 is 10.2 Å². The molecule has 3 aromatic rings. The molecule has 1 aliphatic rings. The number of nitrogens with one attached hydrogen (secondary N) is 1. The first-order chi connectivity index (χ1) is 11.8. The minimum Gasteiger partial charge on any atom is -0.394 e. The number of nitrogens with zero attached hydrogens (tertiary/aromatic N) is 2. The predicted octanol–water partition coefficient (Wildman–Crippen LogP) is 1.94. The number of aliphatic hydroxyl groups is 2. The molecule has 4 rings (SSSR count). The van der Waals surface area contributed by atoms with Crippen LogP contribution in [-0.2, 0) is 13.0 Å². The minimum absolute atomic E-state index is 0.203. The smallest absolute Gasteiger partial charge is 0.0974 e. The van der Waals surface area contributed by atoms with Crippen LogP contribution in [-0.4, -0.2) is 51.1 Å². The maximum atomic E-state index is 9.72. The number of fused-ring (bicyclic) bond motifs is 2. The highest BCUT2D eigenvalue weighted by atomic mass is 16.3. The van der Waals surface area contributed by atoms with Crippen LogP contribution in [0.5, 0.6) is 0 Å². The summed E-state index contributed by atoms with van der Waals surface area (Å²) in [6, 6.07) is 14.6. The second kappa shape index (κ2) is 6.36. The summed E-state index contributed by atoms with van der Waals surface area (Å²) in [7, 11) is 0. The van der Waals surface area contributed by atoms with E-state index in [-0.39, 0.29) is 6.61 Å². The van der Waals surface area contributed by atoms with Crippen LogP contribution in [0.1, 0.15) is 11.3 Å². The zero-order valence-corrected chi connectivity index (χ0v) is 13.4. The lowest BCUT2D eigenvalue weighted by atomic mass is 9.96. The molecule has 2 aromatic carbocycles. The normalized spacial score (nSPS) is 16.2. The lowest BCUT2D eigenvalue weighted by Crippen LogP contribution is -2.37. The lowest BCUT2D eigenvalue weighted by Gasteiger charge is -2.28. The number of H-pyrrole nitrogens is 1. The lowest BCUT2D eigenvalue weighted by molar-refractivity contribution is 0.0551. The number of β-amino-alcohol motifs (C(OH)–C–C–N with tert-alkyl or cyclic N) is 1. The molecule has 1 aromatic heterocycles. The molecule has 1 atom stereocenters. The summed E-state index contributed by atoms with van der Waals surface area (Å²) in [6.45, 7) is 1.88. The van der Waals surface area contributed by atoms with E-state index >= 15 is 0 Å². The molecule has 0 spiro atoms. The molecule has 0 radical (unpaired) electrons. The molecule has 24 heavy (non-hydrogen) atoms. The first-order valence-electron chi connectivity index (χ1n) is 8.32. The molecule has 124 valence electrons. The highest BCUT2D eigenvalue weighted by Crippen LogP contribution is 2.33. The molecule has 3 N–H and O–H groups in total. The summed E-state index contributed by atoms with van der Waals surface area (Å²) in [5.41, 5.74) is 4.50. The van der Waals surface area contributed by atoms with Gasteiger partial charge in [0.05, 0.1) is 18.4 Å². The maximum absolute atomic E-state index is 9.72. The van der Waals surface area contributed by atoms with E-state index in [0.29, 0.717) is 6.54 Å². The van der Waals surface area contributed by atoms with Gasteiger partial charge in [-0.2, -0.15) is 5.10 Å². The molecule has 0 saturated heterocycles. The van der Waals surface area contributed by atoms with E-state index in [0.717, 1.165) is 30.8 Å². The Morgan fingerprint density at radius 1 is 1.17 bits per heavy atom. The van der Waals surface area contributed by atoms with Gasteiger partial charge in [0.1, 0.15) is 0 Å². The van der Waals surface area contributed by atoms with E-state index < -0.39 is 6.10 Å². The van der Waals surface area contributed by atoms with Gasteiger partial charge in [0.25, 0.3) is 0 Å². The van der Waals surface area contributed by atoms with Crippen molar-refractivity contribution in [1.29, 1.82) is 0 Å². The maximum Gasteiger partial charge on any atom is 0.0974 e. The molecular weight excluding hydrogens is 302 g/mol. The Hall–Kier alpha value is -2.21. The number of aliphatic hydroxyl groups excluding tert-OH is 2. The molecule has 0 saturated carbocycles. The average molecular weight is 323 g/mol. The molecule has 0 fully saturated rings. The molecule has 0 amide bonds. The second-order valence-electron chi connectivity index (χ2n) is 6.38. The molecule has 0 aliphatic carbocycles. The van der Waals surface area contributed by atoms with Crippen LogP contribution in [0.2, 0.25) is 0 Å². The Kier molecular flexibility index (Phi) is 4.06. The highest BCUT2D eigenvalue weighted by molar-refractivity contribution is 5.96.